The predicted octanol–water partition coefficient (Wildman–Crippen LogP) is 2.43. The number of hydrogen-bond donors (Lipinski definition) is 1. The highest BCUT2D eigenvalue weighted by Crippen LogP contribution is 2.30. The van der Waals surface area contributed by atoms with Gasteiger partial charge in [0, 0.05) is 44.1 Å². The SMILES string of the molecule is CN1CCc2c(nc(C3CCN(C(=O)CC4CCCCC4)CC3)[nH]c2=O)C1. The number of rotatable bonds is 3. The zero-order chi connectivity index (χ0) is 18.8. The molecule has 3 aliphatic rings. The number of likely N-dealkylation sites (N-methyl/N-ethyl adjacent to an activating group) is 1. The first-order valence-corrected chi connectivity index (χ1v) is 10.7. The minimum atomic E-state index is 0.0407. The van der Waals surface area contributed by atoms with E-state index in [0.29, 0.717) is 11.8 Å². The van der Waals surface area contributed by atoms with Crippen molar-refractivity contribution >= 4 is 5.91 Å². The normalized spacial score (nSPS) is 22.6. The summed E-state index contributed by atoms with van der Waals surface area (Å²) < 4.78 is 0. The first kappa shape index (κ1) is 18.7. The molecule has 0 bridgehead atoms. The second-order valence-electron chi connectivity index (χ2n) is 8.73. The maximum atomic E-state index is 12.6. The van der Waals surface area contributed by atoms with Gasteiger partial charge in [-0.1, -0.05) is 19.3 Å². The van der Waals surface area contributed by atoms with Gasteiger partial charge in [-0.05, 0) is 45.1 Å². The van der Waals surface area contributed by atoms with Gasteiger partial charge in [0.15, 0.2) is 0 Å². The smallest absolute Gasteiger partial charge is 0.254 e. The number of fused-ring (bicyclic) bond motifs is 1. The van der Waals surface area contributed by atoms with Crippen molar-refractivity contribution in [2.75, 3.05) is 26.7 Å². The molecule has 1 saturated heterocycles. The maximum absolute atomic E-state index is 12.6. The Bertz CT molecular complexity index is 730. The fourth-order valence-electron chi connectivity index (χ4n) is 4.95. The third-order valence-electron chi connectivity index (χ3n) is 6.71. The minimum Gasteiger partial charge on any atom is -0.343 e. The lowest BCUT2D eigenvalue weighted by Crippen LogP contribution is -2.40. The lowest BCUT2D eigenvalue weighted by atomic mass is 9.86. The summed E-state index contributed by atoms with van der Waals surface area (Å²) in [5.74, 6) is 2.01. The third kappa shape index (κ3) is 4.26. The molecule has 1 amide bonds. The van der Waals surface area contributed by atoms with Gasteiger partial charge in [-0.15, -0.1) is 0 Å². The molecule has 0 unspecified atom stereocenters. The first-order chi connectivity index (χ1) is 13.1. The number of aromatic nitrogens is 2. The van der Waals surface area contributed by atoms with Crippen LogP contribution in [-0.2, 0) is 17.8 Å². The van der Waals surface area contributed by atoms with E-state index in [1.165, 1.54) is 32.1 Å². The molecule has 0 spiro atoms. The summed E-state index contributed by atoms with van der Waals surface area (Å²) in [7, 11) is 2.07. The Balaban J connectivity index is 1.36. The zero-order valence-corrected chi connectivity index (χ0v) is 16.5. The summed E-state index contributed by atoms with van der Waals surface area (Å²) in [4.78, 5) is 37.2. The number of aromatic amines is 1. The summed E-state index contributed by atoms with van der Waals surface area (Å²) in [6.45, 7) is 3.25. The predicted molar refractivity (Wildman–Crippen MR) is 105 cm³/mol. The third-order valence-corrected chi connectivity index (χ3v) is 6.71. The number of carbonyl (C=O) groups excluding carboxylic acids is 1. The van der Waals surface area contributed by atoms with Gasteiger partial charge in [-0.2, -0.15) is 0 Å². The van der Waals surface area contributed by atoms with E-state index in [1.54, 1.807) is 0 Å². The summed E-state index contributed by atoms with van der Waals surface area (Å²) in [6.07, 6.45) is 9.64. The minimum absolute atomic E-state index is 0.0407. The second-order valence-corrected chi connectivity index (χ2v) is 8.73. The van der Waals surface area contributed by atoms with E-state index >= 15 is 0 Å². The second kappa shape index (κ2) is 8.13. The van der Waals surface area contributed by atoms with Crippen molar-refractivity contribution in [3.63, 3.8) is 0 Å². The molecule has 148 valence electrons. The van der Waals surface area contributed by atoms with Crippen LogP contribution >= 0.6 is 0 Å². The fraction of sp³-hybridized carbons (Fsp3) is 0.762. The van der Waals surface area contributed by atoms with Gasteiger partial charge in [0.1, 0.15) is 5.82 Å². The van der Waals surface area contributed by atoms with E-state index in [2.05, 4.69) is 16.9 Å². The molecule has 0 radical (unpaired) electrons. The van der Waals surface area contributed by atoms with Crippen LogP contribution in [0.1, 0.15) is 74.4 Å². The van der Waals surface area contributed by atoms with Crippen molar-refractivity contribution in [1.82, 2.24) is 19.8 Å². The van der Waals surface area contributed by atoms with Gasteiger partial charge < -0.3 is 14.8 Å². The first-order valence-electron chi connectivity index (χ1n) is 10.7. The van der Waals surface area contributed by atoms with Crippen LogP contribution in [0.15, 0.2) is 4.79 Å². The van der Waals surface area contributed by atoms with Crippen molar-refractivity contribution in [1.29, 1.82) is 0 Å². The number of piperidine rings is 1. The Labute approximate surface area is 161 Å². The number of carbonyl (C=O) groups is 1. The Kier molecular flexibility index (Phi) is 5.62. The van der Waals surface area contributed by atoms with E-state index in [9.17, 15) is 9.59 Å². The average molecular weight is 373 g/mol. The van der Waals surface area contributed by atoms with Crippen LogP contribution in [0.4, 0.5) is 0 Å². The van der Waals surface area contributed by atoms with E-state index in [4.69, 9.17) is 4.98 Å². The van der Waals surface area contributed by atoms with Crippen LogP contribution in [0, 0.1) is 5.92 Å². The van der Waals surface area contributed by atoms with Gasteiger partial charge in [0.25, 0.3) is 5.56 Å². The molecular formula is C21H32N4O2. The van der Waals surface area contributed by atoms with Crippen molar-refractivity contribution in [3.05, 3.63) is 27.4 Å². The molecule has 1 saturated carbocycles. The van der Waals surface area contributed by atoms with Gasteiger partial charge in [-0.3, -0.25) is 9.59 Å². The van der Waals surface area contributed by atoms with Gasteiger partial charge in [0.05, 0.1) is 5.69 Å². The Morgan fingerprint density at radius 3 is 2.59 bits per heavy atom. The van der Waals surface area contributed by atoms with Crippen LogP contribution in [0.2, 0.25) is 0 Å². The molecule has 2 aliphatic heterocycles. The van der Waals surface area contributed by atoms with E-state index in [-0.39, 0.29) is 11.5 Å². The van der Waals surface area contributed by atoms with Gasteiger partial charge in [-0.25, -0.2) is 4.98 Å². The molecule has 0 aromatic carbocycles. The van der Waals surface area contributed by atoms with Crippen LogP contribution in [0.5, 0.6) is 0 Å². The van der Waals surface area contributed by atoms with Crippen LogP contribution in [0.25, 0.3) is 0 Å². The largest absolute Gasteiger partial charge is 0.343 e. The van der Waals surface area contributed by atoms with Crippen LogP contribution in [-0.4, -0.2) is 52.4 Å². The van der Waals surface area contributed by atoms with E-state index < -0.39 is 0 Å². The number of likely N-dealkylation sites (tertiary alicyclic amines) is 1. The Morgan fingerprint density at radius 2 is 1.85 bits per heavy atom. The molecule has 1 N–H and O–H groups in total. The molecule has 4 rings (SSSR count). The fourth-order valence-corrected chi connectivity index (χ4v) is 4.95. The molecule has 1 aromatic rings. The molecule has 0 atom stereocenters. The maximum Gasteiger partial charge on any atom is 0.254 e. The summed E-state index contributed by atoms with van der Waals surface area (Å²) in [6, 6.07) is 0. The monoisotopic (exact) mass is 372 g/mol. The lowest BCUT2D eigenvalue weighted by Gasteiger charge is -2.33. The standard InChI is InChI=1S/C21H32N4O2/c1-24-10-9-17-18(14-24)22-20(23-21(17)27)16-7-11-25(12-8-16)19(26)13-15-5-3-2-4-6-15/h15-16H,2-14H2,1H3,(H,22,23,27). The van der Waals surface area contributed by atoms with Crippen molar-refractivity contribution in [3.8, 4) is 0 Å². The number of hydrogen-bond acceptors (Lipinski definition) is 4. The molecular weight excluding hydrogens is 340 g/mol. The van der Waals surface area contributed by atoms with Gasteiger partial charge >= 0.3 is 0 Å². The molecule has 3 heterocycles. The zero-order valence-electron chi connectivity index (χ0n) is 16.5. The highest BCUT2D eigenvalue weighted by molar-refractivity contribution is 5.76. The molecule has 1 aromatic heterocycles. The Morgan fingerprint density at radius 1 is 1.11 bits per heavy atom. The highest BCUT2D eigenvalue weighted by Gasteiger charge is 2.28. The van der Waals surface area contributed by atoms with Crippen molar-refractivity contribution in [2.45, 2.75) is 70.3 Å². The highest BCUT2D eigenvalue weighted by atomic mass is 16.2. The number of amides is 1. The Hall–Kier alpha value is -1.69. The van der Waals surface area contributed by atoms with E-state index in [0.717, 1.165) is 68.9 Å². The van der Waals surface area contributed by atoms with Crippen molar-refractivity contribution in [2.24, 2.45) is 5.92 Å². The van der Waals surface area contributed by atoms with Gasteiger partial charge in [0.2, 0.25) is 5.91 Å². The summed E-state index contributed by atoms with van der Waals surface area (Å²) in [5.41, 5.74) is 1.84. The van der Waals surface area contributed by atoms with Crippen LogP contribution < -0.4 is 5.56 Å². The quantitative estimate of drug-likeness (QED) is 0.885. The summed E-state index contributed by atoms with van der Waals surface area (Å²) >= 11 is 0. The average Bonchev–Trinajstić information content (AvgIpc) is 2.68. The molecule has 2 fully saturated rings. The number of H-pyrrole nitrogens is 1. The number of nitrogens with one attached hydrogen (secondary N) is 1. The lowest BCUT2D eigenvalue weighted by molar-refractivity contribution is -0.133. The van der Waals surface area contributed by atoms with Crippen LogP contribution in [0.3, 0.4) is 0 Å². The molecule has 1 aliphatic carbocycles. The van der Waals surface area contributed by atoms with E-state index in [1.807, 2.05) is 4.90 Å². The van der Waals surface area contributed by atoms with Crippen molar-refractivity contribution < 1.29 is 4.79 Å². The molecule has 6 nitrogen and oxygen atoms in total. The number of nitrogens with zero attached hydrogens (tertiary/aromatic N) is 3. The molecule has 6 heteroatoms. The molecule has 27 heavy (non-hydrogen) atoms. The summed E-state index contributed by atoms with van der Waals surface area (Å²) in [5, 5.41) is 0. The topological polar surface area (TPSA) is 69.3 Å².